The Morgan fingerprint density at radius 3 is 2.23 bits per heavy atom. The van der Waals surface area contributed by atoms with Gasteiger partial charge < -0.3 is 19.7 Å². The Hall–Kier alpha value is -2.53. The van der Waals surface area contributed by atoms with E-state index in [-0.39, 0.29) is 5.91 Å². The van der Waals surface area contributed by atoms with E-state index in [1.807, 2.05) is 38.2 Å². The second kappa shape index (κ2) is 10.5. The predicted molar refractivity (Wildman–Crippen MR) is 103 cm³/mol. The van der Waals surface area contributed by atoms with Gasteiger partial charge in [0.25, 0.3) is 5.91 Å². The van der Waals surface area contributed by atoms with Crippen molar-refractivity contribution in [3.8, 4) is 11.5 Å². The molecule has 0 aliphatic carbocycles. The van der Waals surface area contributed by atoms with Gasteiger partial charge in [0.1, 0.15) is 24.7 Å². The highest BCUT2D eigenvalue weighted by Gasteiger charge is 2.10. The molecule has 2 aromatic carbocycles. The van der Waals surface area contributed by atoms with Gasteiger partial charge in [0.2, 0.25) is 0 Å². The van der Waals surface area contributed by atoms with Gasteiger partial charge in [-0.1, -0.05) is 29.8 Å². The molecule has 0 radical (unpaired) electrons. The van der Waals surface area contributed by atoms with Crippen molar-refractivity contribution >= 4 is 5.91 Å². The summed E-state index contributed by atoms with van der Waals surface area (Å²) in [6, 6.07) is 15.9. The molecule has 5 nitrogen and oxygen atoms in total. The number of ether oxygens (including phenoxy) is 2. The number of carbonyl (C=O) groups excluding carboxylic acids is 1. The standard InChI is InChI=1S/C21H28N2O3/c1-4-25-19-9-11-20(12-10-19)26-14-13-22-21(24)16-23(3)15-18-7-5-17(2)6-8-18/h5-12H,4,13-16H2,1-3H3,(H,22,24)/p+1. The summed E-state index contributed by atoms with van der Waals surface area (Å²) in [5, 5.41) is 2.90. The summed E-state index contributed by atoms with van der Waals surface area (Å²) in [4.78, 5) is 13.2. The van der Waals surface area contributed by atoms with E-state index in [1.54, 1.807) is 0 Å². The SMILES string of the molecule is CCOc1ccc(OCCNC(=O)C[NH+](C)Cc2ccc(C)cc2)cc1. The molecule has 1 amide bonds. The number of likely N-dealkylation sites (N-methyl/N-ethyl adjacent to an activating group) is 1. The molecule has 5 heteroatoms. The highest BCUT2D eigenvalue weighted by atomic mass is 16.5. The van der Waals surface area contributed by atoms with Crippen LogP contribution in [0, 0.1) is 6.92 Å². The van der Waals surface area contributed by atoms with Gasteiger partial charge in [-0.05, 0) is 38.1 Å². The van der Waals surface area contributed by atoms with Crippen molar-refractivity contribution in [1.82, 2.24) is 5.32 Å². The minimum atomic E-state index is 0.0323. The van der Waals surface area contributed by atoms with Gasteiger partial charge in [0.05, 0.1) is 20.2 Å². The van der Waals surface area contributed by atoms with Crippen molar-refractivity contribution in [1.29, 1.82) is 0 Å². The van der Waals surface area contributed by atoms with Crippen LogP contribution in [0.1, 0.15) is 18.1 Å². The number of rotatable bonds is 10. The largest absolute Gasteiger partial charge is 0.494 e. The normalized spacial score (nSPS) is 11.7. The van der Waals surface area contributed by atoms with E-state index in [1.165, 1.54) is 11.1 Å². The first kappa shape index (κ1) is 19.8. The lowest BCUT2D eigenvalue weighted by Crippen LogP contribution is -3.08. The van der Waals surface area contributed by atoms with E-state index >= 15 is 0 Å². The average Bonchev–Trinajstić information content (AvgIpc) is 2.62. The lowest BCUT2D eigenvalue weighted by Gasteiger charge is -2.14. The Morgan fingerprint density at radius 1 is 1.00 bits per heavy atom. The lowest BCUT2D eigenvalue weighted by atomic mass is 10.1. The molecule has 1 unspecified atom stereocenters. The third-order valence-electron chi connectivity index (χ3n) is 3.92. The first-order valence-electron chi connectivity index (χ1n) is 9.06. The molecule has 0 bridgehead atoms. The number of aryl methyl sites for hydroxylation is 1. The molecular weight excluding hydrogens is 328 g/mol. The second-order valence-corrected chi connectivity index (χ2v) is 6.40. The molecule has 0 aliphatic rings. The molecule has 0 aliphatic heterocycles. The quantitative estimate of drug-likeness (QED) is 0.635. The van der Waals surface area contributed by atoms with E-state index in [9.17, 15) is 4.79 Å². The Bertz CT molecular complexity index is 669. The summed E-state index contributed by atoms with van der Waals surface area (Å²) in [5.41, 5.74) is 2.48. The maximum atomic E-state index is 12.0. The van der Waals surface area contributed by atoms with Crippen molar-refractivity contribution in [3.63, 3.8) is 0 Å². The lowest BCUT2D eigenvalue weighted by molar-refractivity contribution is -0.885. The highest BCUT2D eigenvalue weighted by Crippen LogP contribution is 2.17. The molecule has 0 saturated heterocycles. The van der Waals surface area contributed by atoms with E-state index in [0.717, 1.165) is 22.9 Å². The van der Waals surface area contributed by atoms with Crippen LogP contribution < -0.4 is 19.7 Å². The smallest absolute Gasteiger partial charge is 0.275 e. The van der Waals surface area contributed by atoms with Crippen molar-refractivity contribution in [2.24, 2.45) is 0 Å². The Kier molecular flexibility index (Phi) is 7.96. The number of hydrogen-bond donors (Lipinski definition) is 2. The highest BCUT2D eigenvalue weighted by molar-refractivity contribution is 5.76. The summed E-state index contributed by atoms with van der Waals surface area (Å²) >= 11 is 0. The zero-order valence-corrected chi connectivity index (χ0v) is 15.9. The molecule has 2 rings (SSSR count). The summed E-state index contributed by atoms with van der Waals surface area (Å²) in [6.07, 6.45) is 0. The van der Waals surface area contributed by atoms with Gasteiger partial charge in [-0.25, -0.2) is 0 Å². The number of quaternary nitrogens is 1. The van der Waals surface area contributed by atoms with Crippen LogP contribution in [-0.4, -0.2) is 39.3 Å². The van der Waals surface area contributed by atoms with Crippen LogP contribution >= 0.6 is 0 Å². The molecule has 140 valence electrons. The van der Waals surface area contributed by atoms with Gasteiger partial charge >= 0.3 is 0 Å². The minimum absolute atomic E-state index is 0.0323. The topological polar surface area (TPSA) is 52.0 Å². The monoisotopic (exact) mass is 357 g/mol. The van der Waals surface area contributed by atoms with E-state index in [0.29, 0.717) is 26.3 Å². The van der Waals surface area contributed by atoms with Crippen LogP contribution in [0.2, 0.25) is 0 Å². The van der Waals surface area contributed by atoms with Crippen LogP contribution in [0.5, 0.6) is 11.5 Å². The van der Waals surface area contributed by atoms with E-state index in [2.05, 4.69) is 36.5 Å². The molecular formula is C21H29N2O3+. The van der Waals surface area contributed by atoms with Gasteiger partial charge in [-0.3, -0.25) is 4.79 Å². The van der Waals surface area contributed by atoms with Gasteiger partial charge in [0.15, 0.2) is 6.54 Å². The summed E-state index contributed by atoms with van der Waals surface area (Å²) in [7, 11) is 2.02. The van der Waals surface area contributed by atoms with Crippen molar-refractivity contribution in [2.45, 2.75) is 20.4 Å². The summed E-state index contributed by atoms with van der Waals surface area (Å²) < 4.78 is 11.0. The maximum Gasteiger partial charge on any atom is 0.275 e. The zero-order valence-electron chi connectivity index (χ0n) is 15.9. The fourth-order valence-corrected chi connectivity index (χ4v) is 2.61. The first-order chi connectivity index (χ1) is 12.6. The molecule has 0 fully saturated rings. The third kappa shape index (κ3) is 7.15. The molecule has 0 heterocycles. The average molecular weight is 357 g/mol. The Labute approximate surface area is 155 Å². The molecule has 2 aromatic rings. The number of nitrogens with one attached hydrogen (secondary N) is 2. The third-order valence-corrected chi connectivity index (χ3v) is 3.92. The molecule has 0 spiro atoms. The molecule has 0 saturated carbocycles. The summed E-state index contributed by atoms with van der Waals surface area (Å²) in [6.45, 7) is 6.87. The van der Waals surface area contributed by atoms with E-state index < -0.39 is 0 Å². The van der Waals surface area contributed by atoms with Gasteiger partial charge in [-0.15, -0.1) is 0 Å². The van der Waals surface area contributed by atoms with E-state index in [4.69, 9.17) is 9.47 Å². The van der Waals surface area contributed by atoms with Crippen LogP contribution in [0.3, 0.4) is 0 Å². The number of hydrogen-bond acceptors (Lipinski definition) is 3. The fourth-order valence-electron chi connectivity index (χ4n) is 2.61. The van der Waals surface area contributed by atoms with Gasteiger partial charge in [-0.2, -0.15) is 0 Å². The fraction of sp³-hybridized carbons (Fsp3) is 0.381. The first-order valence-corrected chi connectivity index (χ1v) is 9.06. The zero-order chi connectivity index (χ0) is 18.8. The van der Waals surface area contributed by atoms with Crippen molar-refractivity contribution in [2.75, 3.05) is 33.4 Å². The van der Waals surface area contributed by atoms with Crippen LogP contribution in [0.15, 0.2) is 48.5 Å². The second-order valence-electron chi connectivity index (χ2n) is 6.40. The van der Waals surface area contributed by atoms with Crippen molar-refractivity contribution < 1.29 is 19.2 Å². The number of carbonyl (C=O) groups is 1. The van der Waals surface area contributed by atoms with Gasteiger partial charge in [0, 0.05) is 5.56 Å². The van der Waals surface area contributed by atoms with Crippen LogP contribution in [0.4, 0.5) is 0 Å². The number of amides is 1. The molecule has 1 atom stereocenters. The Balaban J connectivity index is 1.62. The minimum Gasteiger partial charge on any atom is -0.494 e. The Morgan fingerprint density at radius 2 is 1.62 bits per heavy atom. The summed E-state index contributed by atoms with van der Waals surface area (Å²) in [5.74, 6) is 1.63. The molecule has 26 heavy (non-hydrogen) atoms. The van der Waals surface area contributed by atoms with Crippen molar-refractivity contribution in [3.05, 3.63) is 59.7 Å². The number of benzene rings is 2. The van der Waals surface area contributed by atoms with Crippen LogP contribution in [0.25, 0.3) is 0 Å². The van der Waals surface area contributed by atoms with Crippen LogP contribution in [-0.2, 0) is 11.3 Å². The maximum absolute atomic E-state index is 12.0. The molecule has 2 N–H and O–H groups in total. The predicted octanol–water partition coefficient (Wildman–Crippen LogP) is 1.60. The molecule has 0 aromatic heterocycles.